The van der Waals surface area contributed by atoms with Crippen molar-refractivity contribution in [1.82, 2.24) is 0 Å². The minimum Gasteiger partial charge on any atom is -0.495 e. The molecule has 6 nitrogen and oxygen atoms in total. The van der Waals surface area contributed by atoms with Crippen molar-refractivity contribution in [2.75, 3.05) is 12.4 Å². The second-order valence-corrected chi connectivity index (χ2v) is 5.45. The summed E-state index contributed by atoms with van der Waals surface area (Å²) in [5.41, 5.74) is -0.0811. The number of rotatable bonds is 6. The lowest BCUT2D eigenvalue weighted by molar-refractivity contribution is -0.139. The Labute approximate surface area is 123 Å². The van der Waals surface area contributed by atoms with Crippen molar-refractivity contribution in [3.05, 3.63) is 23.8 Å². The molecule has 0 bridgehead atoms. The van der Waals surface area contributed by atoms with Crippen LogP contribution in [0.5, 0.6) is 5.75 Å². The molecule has 0 aliphatic rings. The van der Waals surface area contributed by atoms with Crippen LogP contribution in [0.25, 0.3) is 0 Å². The highest BCUT2D eigenvalue weighted by atomic mass is 16.5. The summed E-state index contributed by atoms with van der Waals surface area (Å²) in [5, 5.41) is 20.5. The zero-order chi connectivity index (χ0) is 16.0. The Morgan fingerprint density at radius 1 is 1.38 bits per heavy atom. The number of benzene rings is 1. The Balaban J connectivity index is 2.89. The summed E-state index contributed by atoms with van der Waals surface area (Å²) in [6.45, 7) is 3.41. The van der Waals surface area contributed by atoms with Gasteiger partial charge in [0.15, 0.2) is 0 Å². The fraction of sp³-hybridized carbons (Fsp3) is 0.400. The first-order valence-electron chi connectivity index (χ1n) is 6.38. The number of carbonyl (C=O) groups excluding carboxylic acids is 1. The molecule has 1 rings (SSSR count). The number of carboxylic acids is 1. The molecule has 2 N–H and O–H groups in total. The number of nitriles is 1. The van der Waals surface area contributed by atoms with Crippen LogP contribution in [0, 0.1) is 16.7 Å². The molecule has 0 aliphatic carbocycles. The molecule has 1 aromatic rings. The molecular weight excluding hydrogens is 272 g/mol. The minimum atomic E-state index is -0.956. The Morgan fingerprint density at radius 3 is 2.57 bits per heavy atom. The standard InChI is InChI=1S/C15H18N2O4/c1-15(2,8-13(19)20)7-12(18)17-14-10(9-16)5-4-6-11(14)21-3/h4-6H,7-8H2,1-3H3,(H,17,18)(H,19,20). The van der Waals surface area contributed by atoms with E-state index in [1.165, 1.54) is 7.11 Å². The largest absolute Gasteiger partial charge is 0.495 e. The van der Waals surface area contributed by atoms with E-state index in [0.717, 1.165) is 0 Å². The third kappa shape index (κ3) is 4.80. The highest BCUT2D eigenvalue weighted by Gasteiger charge is 2.26. The molecule has 0 aliphatic heterocycles. The van der Waals surface area contributed by atoms with E-state index in [0.29, 0.717) is 17.0 Å². The molecule has 1 aromatic carbocycles. The van der Waals surface area contributed by atoms with Crippen LogP contribution in [0.1, 0.15) is 32.3 Å². The van der Waals surface area contributed by atoms with Gasteiger partial charge in [-0.05, 0) is 17.5 Å². The second kappa shape index (κ2) is 6.75. The zero-order valence-electron chi connectivity index (χ0n) is 12.3. The van der Waals surface area contributed by atoms with E-state index in [9.17, 15) is 9.59 Å². The van der Waals surface area contributed by atoms with Gasteiger partial charge in [0.2, 0.25) is 5.91 Å². The lowest BCUT2D eigenvalue weighted by atomic mass is 9.85. The maximum atomic E-state index is 12.1. The van der Waals surface area contributed by atoms with Crippen LogP contribution >= 0.6 is 0 Å². The summed E-state index contributed by atoms with van der Waals surface area (Å²) in [4.78, 5) is 22.8. The van der Waals surface area contributed by atoms with Crippen molar-refractivity contribution < 1.29 is 19.4 Å². The smallest absolute Gasteiger partial charge is 0.303 e. The molecule has 0 saturated carbocycles. The molecule has 0 heterocycles. The van der Waals surface area contributed by atoms with Gasteiger partial charge in [-0.1, -0.05) is 19.9 Å². The summed E-state index contributed by atoms with van der Waals surface area (Å²) < 4.78 is 5.12. The molecule has 0 atom stereocenters. The van der Waals surface area contributed by atoms with Crippen LogP contribution in [0.15, 0.2) is 18.2 Å². The van der Waals surface area contributed by atoms with Crippen molar-refractivity contribution in [1.29, 1.82) is 5.26 Å². The third-order valence-electron chi connectivity index (χ3n) is 2.90. The van der Waals surface area contributed by atoms with Gasteiger partial charge in [-0.15, -0.1) is 0 Å². The molecule has 0 unspecified atom stereocenters. The fourth-order valence-corrected chi connectivity index (χ4v) is 2.01. The quantitative estimate of drug-likeness (QED) is 0.838. The maximum Gasteiger partial charge on any atom is 0.303 e. The molecule has 0 fully saturated rings. The number of aliphatic carboxylic acids is 1. The minimum absolute atomic E-state index is 0.0300. The van der Waals surface area contributed by atoms with Crippen LogP contribution in [-0.2, 0) is 9.59 Å². The molecule has 112 valence electrons. The zero-order valence-corrected chi connectivity index (χ0v) is 12.3. The van der Waals surface area contributed by atoms with E-state index in [1.807, 2.05) is 6.07 Å². The maximum absolute atomic E-state index is 12.1. The summed E-state index contributed by atoms with van der Waals surface area (Å²) in [6, 6.07) is 6.84. The van der Waals surface area contributed by atoms with Gasteiger partial charge in [0.05, 0.1) is 19.1 Å². The van der Waals surface area contributed by atoms with Crippen LogP contribution in [0.3, 0.4) is 0 Å². The van der Waals surface area contributed by atoms with Crippen molar-refractivity contribution in [2.24, 2.45) is 5.41 Å². The van der Waals surface area contributed by atoms with Crippen LogP contribution in [-0.4, -0.2) is 24.1 Å². The first-order valence-corrected chi connectivity index (χ1v) is 6.38. The van der Waals surface area contributed by atoms with Gasteiger partial charge in [-0.3, -0.25) is 9.59 Å². The van der Waals surface area contributed by atoms with E-state index >= 15 is 0 Å². The average molecular weight is 290 g/mol. The first kappa shape index (κ1) is 16.5. The molecule has 0 radical (unpaired) electrons. The monoisotopic (exact) mass is 290 g/mol. The summed E-state index contributed by atoms with van der Waals surface area (Å²) in [6.07, 6.45) is -0.0837. The van der Waals surface area contributed by atoms with Crippen molar-refractivity contribution in [3.8, 4) is 11.8 Å². The van der Waals surface area contributed by atoms with Gasteiger partial charge in [-0.25, -0.2) is 0 Å². The van der Waals surface area contributed by atoms with Crippen molar-refractivity contribution >= 4 is 17.6 Å². The molecule has 21 heavy (non-hydrogen) atoms. The predicted molar refractivity (Wildman–Crippen MR) is 77.0 cm³/mol. The molecule has 1 amide bonds. The summed E-state index contributed by atoms with van der Waals surface area (Å²) in [5.74, 6) is -0.927. The molecule has 0 aromatic heterocycles. The number of ether oxygens (including phenoxy) is 1. The fourth-order valence-electron chi connectivity index (χ4n) is 2.01. The normalized spacial score (nSPS) is 10.6. The van der Waals surface area contributed by atoms with Crippen LogP contribution in [0.4, 0.5) is 5.69 Å². The number of carbonyl (C=O) groups is 2. The van der Waals surface area contributed by atoms with Gasteiger partial charge in [0.1, 0.15) is 17.5 Å². The van der Waals surface area contributed by atoms with Gasteiger partial charge in [0.25, 0.3) is 0 Å². The average Bonchev–Trinajstić information content (AvgIpc) is 2.36. The number of hydrogen-bond donors (Lipinski definition) is 2. The number of nitrogens with one attached hydrogen (secondary N) is 1. The number of amides is 1. The van der Waals surface area contributed by atoms with Gasteiger partial charge in [0, 0.05) is 6.42 Å². The Kier molecular flexibility index (Phi) is 5.30. The van der Waals surface area contributed by atoms with E-state index in [4.69, 9.17) is 15.1 Å². The Bertz CT molecular complexity index is 588. The summed E-state index contributed by atoms with van der Waals surface area (Å²) in [7, 11) is 1.44. The van der Waals surface area contributed by atoms with E-state index in [-0.39, 0.29) is 18.7 Å². The van der Waals surface area contributed by atoms with Gasteiger partial charge >= 0.3 is 5.97 Å². The summed E-state index contributed by atoms with van der Waals surface area (Å²) >= 11 is 0. The number of hydrogen-bond acceptors (Lipinski definition) is 4. The Hall–Kier alpha value is -2.55. The lowest BCUT2D eigenvalue weighted by Crippen LogP contribution is -2.25. The number of carboxylic acid groups (broad SMARTS) is 1. The second-order valence-electron chi connectivity index (χ2n) is 5.45. The number of nitrogens with zero attached hydrogens (tertiary/aromatic N) is 1. The lowest BCUT2D eigenvalue weighted by Gasteiger charge is -2.22. The highest BCUT2D eigenvalue weighted by molar-refractivity contribution is 5.94. The van der Waals surface area contributed by atoms with E-state index in [1.54, 1.807) is 32.0 Å². The van der Waals surface area contributed by atoms with Crippen molar-refractivity contribution in [2.45, 2.75) is 26.7 Å². The Morgan fingerprint density at radius 2 is 2.05 bits per heavy atom. The number of methoxy groups -OCH3 is 1. The first-order chi connectivity index (χ1) is 9.79. The van der Waals surface area contributed by atoms with E-state index in [2.05, 4.69) is 5.32 Å². The SMILES string of the molecule is COc1cccc(C#N)c1NC(=O)CC(C)(C)CC(=O)O. The van der Waals surface area contributed by atoms with Crippen LogP contribution in [0.2, 0.25) is 0 Å². The van der Waals surface area contributed by atoms with Gasteiger partial charge < -0.3 is 15.2 Å². The van der Waals surface area contributed by atoms with Crippen molar-refractivity contribution in [3.63, 3.8) is 0 Å². The van der Waals surface area contributed by atoms with Gasteiger partial charge in [-0.2, -0.15) is 5.26 Å². The molecule has 6 heteroatoms. The number of anilines is 1. The topological polar surface area (TPSA) is 99.4 Å². The van der Waals surface area contributed by atoms with Crippen LogP contribution < -0.4 is 10.1 Å². The molecule has 0 saturated heterocycles. The molecular formula is C15H18N2O4. The molecule has 0 spiro atoms. The van der Waals surface area contributed by atoms with E-state index < -0.39 is 11.4 Å². The highest BCUT2D eigenvalue weighted by Crippen LogP contribution is 2.30. The third-order valence-corrected chi connectivity index (χ3v) is 2.90. The number of para-hydroxylation sites is 1. The predicted octanol–water partition coefficient (Wildman–Crippen LogP) is 2.40.